The van der Waals surface area contributed by atoms with Crippen LogP contribution in [0.5, 0.6) is 5.75 Å². The van der Waals surface area contributed by atoms with Gasteiger partial charge in [0, 0.05) is 29.8 Å². The summed E-state index contributed by atoms with van der Waals surface area (Å²) in [6.45, 7) is 0. The lowest BCUT2D eigenvalue weighted by atomic mass is 10.0. The average molecular weight is 452 g/mol. The minimum absolute atomic E-state index is 0.0628. The van der Waals surface area contributed by atoms with Crippen LogP contribution in [0.15, 0.2) is 60.0 Å². The molecule has 8 nitrogen and oxygen atoms in total. The summed E-state index contributed by atoms with van der Waals surface area (Å²) >= 11 is 0. The molecular weight excluding hydrogens is 426 g/mol. The lowest BCUT2D eigenvalue weighted by molar-refractivity contribution is 0.205. The number of ether oxygens (including phenoxy) is 1. The molecule has 1 aromatic carbocycles. The fourth-order valence-electron chi connectivity index (χ4n) is 4.22. The van der Waals surface area contributed by atoms with Gasteiger partial charge in [0.1, 0.15) is 5.75 Å². The zero-order valence-electron chi connectivity index (χ0n) is 17.5. The second kappa shape index (κ2) is 8.48. The highest BCUT2D eigenvalue weighted by Gasteiger charge is 2.31. The maximum absolute atomic E-state index is 11.4. The van der Waals surface area contributed by atoms with Gasteiger partial charge in [-0.25, -0.2) is 23.5 Å². The zero-order valence-corrected chi connectivity index (χ0v) is 18.3. The van der Waals surface area contributed by atoms with E-state index in [0.29, 0.717) is 23.5 Å². The summed E-state index contributed by atoms with van der Waals surface area (Å²) in [5.41, 5.74) is 3.07. The molecule has 2 saturated carbocycles. The van der Waals surface area contributed by atoms with Crippen molar-refractivity contribution in [2.24, 2.45) is 5.14 Å². The maximum Gasteiger partial charge on any atom is 0.238 e. The van der Waals surface area contributed by atoms with Gasteiger partial charge >= 0.3 is 0 Å². The molecule has 0 bridgehead atoms. The molecule has 2 aliphatic carbocycles. The van der Waals surface area contributed by atoms with Gasteiger partial charge in [-0.05, 0) is 79.8 Å². The summed E-state index contributed by atoms with van der Waals surface area (Å²) in [6.07, 6.45) is 13.0. The highest BCUT2D eigenvalue weighted by atomic mass is 32.2. The number of hydrogen-bond donors (Lipinski definition) is 2. The number of sulfonamides is 1. The Bertz CT molecular complexity index is 1200. The van der Waals surface area contributed by atoms with E-state index >= 15 is 0 Å². The molecule has 166 valence electrons. The number of rotatable bonds is 7. The van der Waals surface area contributed by atoms with Crippen LogP contribution in [0.1, 0.15) is 55.1 Å². The molecule has 32 heavy (non-hydrogen) atoms. The lowest BCUT2D eigenvalue weighted by Crippen LogP contribution is -2.13. The summed E-state index contributed by atoms with van der Waals surface area (Å²) in [7, 11) is -3.71. The molecule has 0 amide bonds. The second-order valence-electron chi connectivity index (χ2n) is 8.47. The van der Waals surface area contributed by atoms with E-state index in [-0.39, 0.29) is 11.0 Å². The van der Waals surface area contributed by atoms with E-state index in [1.54, 1.807) is 12.1 Å². The van der Waals surface area contributed by atoms with E-state index in [2.05, 4.69) is 26.3 Å². The van der Waals surface area contributed by atoms with Gasteiger partial charge in [0.25, 0.3) is 0 Å². The Balaban J connectivity index is 1.19. The number of aromatic nitrogens is 3. The Hall–Kier alpha value is -3.04. The van der Waals surface area contributed by atoms with E-state index in [4.69, 9.17) is 9.88 Å². The third-order valence-electron chi connectivity index (χ3n) is 6.09. The molecule has 9 heteroatoms. The lowest BCUT2D eigenvalue weighted by Gasteiger charge is -2.16. The molecule has 0 saturated heterocycles. The zero-order chi connectivity index (χ0) is 22.1. The molecule has 0 unspecified atom stereocenters. The van der Waals surface area contributed by atoms with Crippen molar-refractivity contribution in [3.63, 3.8) is 0 Å². The SMILES string of the molecule is NS(=O)(=O)c1ccc(Nc2ncc([C@H]3CC[C@@H](Oc4cnccc4C4CC4)C3)cn2)cc1. The van der Waals surface area contributed by atoms with Crippen molar-refractivity contribution in [3.05, 3.63) is 66.2 Å². The molecule has 0 spiro atoms. The Morgan fingerprint density at radius 2 is 1.66 bits per heavy atom. The van der Waals surface area contributed by atoms with Crippen molar-refractivity contribution in [1.29, 1.82) is 0 Å². The molecule has 0 radical (unpaired) electrons. The van der Waals surface area contributed by atoms with Crippen molar-refractivity contribution in [3.8, 4) is 5.75 Å². The Morgan fingerprint density at radius 1 is 0.938 bits per heavy atom. The monoisotopic (exact) mass is 451 g/mol. The van der Waals surface area contributed by atoms with E-state index in [1.807, 2.05) is 24.8 Å². The van der Waals surface area contributed by atoms with Gasteiger partial charge in [0.2, 0.25) is 16.0 Å². The topological polar surface area (TPSA) is 120 Å². The highest BCUT2D eigenvalue weighted by molar-refractivity contribution is 7.89. The first-order valence-electron chi connectivity index (χ1n) is 10.8. The standard InChI is InChI=1S/C23H25N5O3S/c24-32(29,30)20-7-4-18(5-8-20)28-23-26-12-17(13-27-23)16-3-6-19(11-16)31-22-14-25-10-9-21(22)15-1-2-15/h4-5,7-10,12-16,19H,1-3,6,11H2,(H2,24,29,30)(H,26,27,28)/t16-,19+/m0/s1. The fraction of sp³-hybridized carbons (Fsp3) is 0.348. The molecule has 3 aromatic rings. The predicted molar refractivity (Wildman–Crippen MR) is 120 cm³/mol. The van der Waals surface area contributed by atoms with Crippen molar-refractivity contribution >= 4 is 21.7 Å². The summed E-state index contributed by atoms with van der Waals surface area (Å²) < 4.78 is 29.1. The van der Waals surface area contributed by atoms with Crippen molar-refractivity contribution in [1.82, 2.24) is 15.0 Å². The first-order valence-corrected chi connectivity index (χ1v) is 12.3. The van der Waals surface area contributed by atoms with Gasteiger partial charge in [0.15, 0.2) is 0 Å². The van der Waals surface area contributed by atoms with Crippen LogP contribution < -0.4 is 15.2 Å². The molecular formula is C23H25N5O3S. The summed E-state index contributed by atoms with van der Waals surface area (Å²) in [5.74, 6) is 2.39. The van der Waals surface area contributed by atoms with E-state index in [0.717, 1.165) is 30.6 Å². The molecule has 2 fully saturated rings. The van der Waals surface area contributed by atoms with E-state index in [9.17, 15) is 8.42 Å². The highest BCUT2D eigenvalue weighted by Crippen LogP contribution is 2.45. The number of anilines is 2. The Morgan fingerprint density at radius 3 is 2.34 bits per heavy atom. The molecule has 5 rings (SSSR count). The van der Waals surface area contributed by atoms with Gasteiger partial charge in [-0.2, -0.15) is 0 Å². The van der Waals surface area contributed by atoms with Crippen LogP contribution in [0.3, 0.4) is 0 Å². The van der Waals surface area contributed by atoms with Gasteiger partial charge in [-0.3, -0.25) is 4.98 Å². The molecule has 2 aromatic heterocycles. The minimum atomic E-state index is -3.71. The van der Waals surface area contributed by atoms with E-state index < -0.39 is 10.0 Å². The largest absolute Gasteiger partial charge is 0.488 e. The second-order valence-corrected chi connectivity index (χ2v) is 10.0. The smallest absolute Gasteiger partial charge is 0.238 e. The van der Waals surface area contributed by atoms with Gasteiger partial charge < -0.3 is 10.1 Å². The third-order valence-corrected chi connectivity index (χ3v) is 7.02. The number of nitrogens with one attached hydrogen (secondary N) is 1. The van der Waals surface area contributed by atoms with Gasteiger partial charge in [-0.1, -0.05) is 0 Å². The summed E-state index contributed by atoms with van der Waals surface area (Å²) in [4.78, 5) is 13.2. The van der Waals surface area contributed by atoms with Crippen molar-refractivity contribution < 1.29 is 13.2 Å². The molecule has 2 atom stereocenters. The third kappa shape index (κ3) is 4.73. The van der Waals surface area contributed by atoms with Crippen LogP contribution in [0.25, 0.3) is 0 Å². The number of nitrogens with zero attached hydrogens (tertiary/aromatic N) is 3. The average Bonchev–Trinajstić information content (AvgIpc) is 3.53. The van der Waals surface area contributed by atoms with Crippen LogP contribution in [-0.4, -0.2) is 29.5 Å². The normalized spacial score (nSPS) is 20.8. The van der Waals surface area contributed by atoms with Crippen LogP contribution in [0, 0.1) is 0 Å². The number of pyridine rings is 1. The quantitative estimate of drug-likeness (QED) is 0.560. The predicted octanol–water partition coefficient (Wildman–Crippen LogP) is 3.86. The number of nitrogens with two attached hydrogens (primary N) is 1. The Labute approximate surface area is 187 Å². The number of hydrogen-bond acceptors (Lipinski definition) is 7. The van der Waals surface area contributed by atoms with Gasteiger partial charge in [-0.15, -0.1) is 0 Å². The summed E-state index contributed by atoms with van der Waals surface area (Å²) in [6, 6.07) is 8.24. The Kier molecular flexibility index (Phi) is 5.52. The van der Waals surface area contributed by atoms with Crippen LogP contribution in [0.2, 0.25) is 0 Å². The van der Waals surface area contributed by atoms with Crippen molar-refractivity contribution in [2.45, 2.75) is 54.9 Å². The first kappa shape index (κ1) is 20.8. The van der Waals surface area contributed by atoms with Crippen molar-refractivity contribution in [2.75, 3.05) is 5.32 Å². The van der Waals surface area contributed by atoms with Crippen LogP contribution in [-0.2, 0) is 10.0 Å². The molecule has 0 aliphatic heterocycles. The minimum Gasteiger partial charge on any atom is -0.488 e. The molecule has 2 aliphatic rings. The first-order chi connectivity index (χ1) is 15.5. The van der Waals surface area contributed by atoms with Crippen LogP contribution in [0.4, 0.5) is 11.6 Å². The fourth-order valence-corrected chi connectivity index (χ4v) is 4.74. The van der Waals surface area contributed by atoms with Gasteiger partial charge in [0.05, 0.1) is 17.2 Å². The van der Waals surface area contributed by atoms with Crippen LogP contribution >= 0.6 is 0 Å². The van der Waals surface area contributed by atoms with E-state index in [1.165, 1.54) is 30.5 Å². The molecule has 3 N–H and O–H groups in total. The summed E-state index contributed by atoms with van der Waals surface area (Å²) in [5, 5.41) is 8.20. The maximum atomic E-state index is 11.4. The number of primary sulfonamides is 1. The number of benzene rings is 1. The molecule has 2 heterocycles.